The largest absolute Gasteiger partial charge is 0.452 e. The molecule has 0 saturated heterocycles. The number of rotatable bonds is 7. The second-order valence-electron chi connectivity index (χ2n) is 6.09. The lowest BCUT2D eigenvalue weighted by atomic mass is 10.1. The van der Waals surface area contributed by atoms with Crippen molar-refractivity contribution in [1.82, 2.24) is 5.32 Å². The summed E-state index contributed by atoms with van der Waals surface area (Å²) in [4.78, 5) is 23.9. The smallest absolute Gasteiger partial charge is 0.338 e. The number of nitrogens with zero attached hydrogens (tertiary/aromatic N) is 1. The van der Waals surface area contributed by atoms with Gasteiger partial charge < -0.3 is 10.1 Å². The van der Waals surface area contributed by atoms with Gasteiger partial charge >= 0.3 is 5.97 Å². The maximum Gasteiger partial charge on any atom is 0.338 e. The predicted octanol–water partition coefficient (Wildman–Crippen LogP) is 1.47. The van der Waals surface area contributed by atoms with Crippen molar-refractivity contribution in [2.45, 2.75) is 39.2 Å². The van der Waals surface area contributed by atoms with Crippen LogP contribution in [0.1, 0.15) is 42.6 Å². The molecule has 0 aromatic heterocycles. The molecule has 0 atom stereocenters. The fourth-order valence-corrected chi connectivity index (χ4v) is 3.78. The molecule has 1 aliphatic rings. The number of hydrogen-bond donors (Lipinski definition) is 1. The fraction of sp³-hybridized carbons (Fsp3) is 0.529. The SMILES string of the molecule is CCC(CC)NC(=O)COC(=O)c1ccc2c(c1)CCN2S(C)(=O)=O. The van der Waals surface area contributed by atoms with Crippen LogP contribution in [0.2, 0.25) is 0 Å². The van der Waals surface area contributed by atoms with Crippen molar-refractivity contribution >= 4 is 27.6 Å². The molecular weight excluding hydrogens is 344 g/mol. The molecule has 1 aliphatic heterocycles. The number of benzene rings is 1. The topological polar surface area (TPSA) is 92.8 Å². The minimum Gasteiger partial charge on any atom is -0.452 e. The van der Waals surface area contributed by atoms with Gasteiger partial charge in [0.25, 0.3) is 5.91 Å². The van der Waals surface area contributed by atoms with Gasteiger partial charge in [0.2, 0.25) is 10.0 Å². The molecule has 0 radical (unpaired) electrons. The summed E-state index contributed by atoms with van der Waals surface area (Å²) in [5.74, 6) is -0.924. The molecule has 138 valence electrons. The molecule has 8 heteroatoms. The zero-order valence-corrected chi connectivity index (χ0v) is 15.6. The Morgan fingerprint density at radius 3 is 2.56 bits per heavy atom. The van der Waals surface area contributed by atoms with Crippen molar-refractivity contribution in [3.05, 3.63) is 29.3 Å². The molecule has 7 nitrogen and oxygen atoms in total. The maximum atomic E-state index is 12.1. The zero-order valence-electron chi connectivity index (χ0n) is 14.7. The number of fused-ring (bicyclic) bond motifs is 1. The van der Waals surface area contributed by atoms with Gasteiger partial charge in [-0.15, -0.1) is 0 Å². The number of ether oxygens (including phenoxy) is 1. The van der Waals surface area contributed by atoms with Gasteiger partial charge in [0.15, 0.2) is 6.61 Å². The normalized spacial score (nSPS) is 13.7. The van der Waals surface area contributed by atoms with Crippen molar-refractivity contribution in [1.29, 1.82) is 0 Å². The molecule has 1 N–H and O–H groups in total. The first-order valence-electron chi connectivity index (χ1n) is 8.33. The van der Waals surface area contributed by atoms with E-state index < -0.39 is 16.0 Å². The monoisotopic (exact) mass is 368 g/mol. The first-order chi connectivity index (χ1) is 11.8. The molecule has 0 aliphatic carbocycles. The summed E-state index contributed by atoms with van der Waals surface area (Å²) in [6, 6.07) is 4.82. The number of hydrogen-bond acceptors (Lipinski definition) is 5. The minimum absolute atomic E-state index is 0.0770. The van der Waals surface area contributed by atoms with Gasteiger partial charge in [-0.3, -0.25) is 9.10 Å². The summed E-state index contributed by atoms with van der Waals surface area (Å²) in [7, 11) is -3.32. The molecule has 0 fully saturated rings. The van der Waals surface area contributed by atoms with E-state index in [1.807, 2.05) is 13.8 Å². The molecule has 0 bridgehead atoms. The van der Waals surface area contributed by atoms with Crippen LogP contribution >= 0.6 is 0 Å². The third-order valence-corrected chi connectivity index (χ3v) is 5.43. The van der Waals surface area contributed by atoms with Gasteiger partial charge in [-0.2, -0.15) is 0 Å². The second-order valence-corrected chi connectivity index (χ2v) is 7.99. The Morgan fingerprint density at radius 2 is 1.96 bits per heavy atom. The van der Waals surface area contributed by atoms with E-state index in [4.69, 9.17) is 4.74 Å². The third kappa shape index (κ3) is 4.72. The van der Waals surface area contributed by atoms with E-state index in [1.165, 1.54) is 10.4 Å². The molecule has 0 saturated carbocycles. The van der Waals surface area contributed by atoms with Crippen LogP contribution in [0.3, 0.4) is 0 Å². The molecular formula is C17H24N2O5S. The zero-order chi connectivity index (χ0) is 18.6. The molecule has 0 spiro atoms. The van der Waals surface area contributed by atoms with Crippen LogP contribution in [-0.4, -0.2) is 45.7 Å². The Kier molecular flexibility index (Phi) is 6.05. The first-order valence-corrected chi connectivity index (χ1v) is 10.2. The van der Waals surface area contributed by atoms with Crippen LogP contribution in [0.5, 0.6) is 0 Å². The number of anilines is 1. The minimum atomic E-state index is -3.32. The van der Waals surface area contributed by atoms with E-state index in [-0.39, 0.29) is 18.6 Å². The lowest BCUT2D eigenvalue weighted by Gasteiger charge is -2.16. The Morgan fingerprint density at radius 1 is 1.28 bits per heavy atom. The van der Waals surface area contributed by atoms with Crippen molar-refractivity contribution in [3.63, 3.8) is 0 Å². The lowest BCUT2D eigenvalue weighted by Crippen LogP contribution is -2.36. The average molecular weight is 368 g/mol. The highest BCUT2D eigenvalue weighted by molar-refractivity contribution is 7.92. The van der Waals surface area contributed by atoms with Crippen molar-refractivity contribution in [3.8, 4) is 0 Å². The standard InChI is InChI=1S/C17H24N2O5S/c1-4-14(5-2)18-16(20)11-24-17(21)13-6-7-15-12(10-13)8-9-19(15)25(3,22)23/h6-7,10,14H,4-5,8-9,11H2,1-3H3,(H,18,20). The molecule has 2 rings (SSSR count). The summed E-state index contributed by atoms with van der Waals surface area (Å²) >= 11 is 0. The molecule has 1 aromatic rings. The quantitative estimate of drug-likeness (QED) is 0.736. The molecule has 0 unspecified atom stereocenters. The van der Waals surface area contributed by atoms with Gasteiger partial charge in [0, 0.05) is 12.6 Å². The summed E-state index contributed by atoms with van der Waals surface area (Å²) in [5, 5.41) is 2.80. The Balaban J connectivity index is 1.99. The Bertz CT molecular complexity index is 756. The third-order valence-electron chi connectivity index (χ3n) is 4.25. The summed E-state index contributed by atoms with van der Waals surface area (Å²) < 4.78 is 29.8. The van der Waals surface area contributed by atoms with E-state index >= 15 is 0 Å². The van der Waals surface area contributed by atoms with Crippen molar-refractivity contribution in [2.24, 2.45) is 0 Å². The van der Waals surface area contributed by atoms with Gasteiger partial charge in [0.05, 0.1) is 17.5 Å². The van der Waals surface area contributed by atoms with Gasteiger partial charge in [-0.05, 0) is 43.0 Å². The van der Waals surface area contributed by atoms with Gasteiger partial charge in [-0.25, -0.2) is 13.2 Å². The number of nitrogens with one attached hydrogen (secondary N) is 1. The van der Waals surface area contributed by atoms with Crippen molar-refractivity contribution in [2.75, 3.05) is 23.7 Å². The average Bonchev–Trinajstić information content (AvgIpc) is 3.00. The molecule has 1 aromatic carbocycles. The number of esters is 1. The number of sulfonamides is 1. The van der Waals surface area contributed by atoms with E-state index in [0.29, 0.717) is 24.2 Å². The summed E-state index contributed by atoms with van der Waals surface area (Å²) in [6.07, 6.45) is 3.33. The van der Waals surface area contributed by atoms with E-state index in [2.05, 4.69) is 5.32 Å². The van der Waals surface area contributed by atoms with Crippen LogP contribution in [0.4, 0.5) is 5.69 Å². The fourth-order valence-electron chi connectivity index (χ4n) is 2.82. The summed E-state index contributed by atoms with van der Waals surface area (Å²) in [5.41, 5.74) is 1.68. The lowest BCUT2D eigenvalue weighted by molar-refractivity contribution is -0.125. The number of carbonyl (C=O) groups is 2. The summed E-state index contributed by atoms with van der Waals surface area (Å²) in [6.45, 7) is 3.99. The van der Waals surface area contributed by atoms with Crippen LogP contribution in [0.15, 0.2) is 18.2 Å². The molecule has 25 heavy (non-hydrogen) atoms. The van der Waals surface area contributed by atoms with Crippen LogP contribution < -0.4 is 9.62 Å². The highest BCUT2D eigenvalue weighted by Gasteiger charge is 2.27. The second kappa shape index (κ2) is 7.86. The van der Waals surface area contributed by atoms with Gasteiger partial charge in [0.1, 0.15) is 0 Å². The molecule has 1 heterocycles. The van der Waals surface area contributed by atoms with Crippen molar-refractivity contribution < 1.29 is 22.7 Å². The number of carbonyl (C=O) groups excluding carboxylic acids is 2. The van der Waals surface area contributed by atoms with E-state index in [0.717, 1.165) is 24.7 Å². The van der Waals surface area contributed by atoms with E-state index in [9.17, 15) is 18.0 Å². The molecule has 1 amide bonds. The Hall–Kier alpha value is -2.09. The van der Waals surface area contributed by atoms with Crippen LogP contribution in [0, 0.1) is 0 Å². The van der Waals surface area contributed by atoms with Crippen LogP contribution in [-0.2, 0) is 26.0 Å². The maximum absolute atomic E-state index is 12.1. The van der Waals surface area contributed by atoms with Gasteiger partial charge in [-0.1, -0.05) is 13.8 Å². The Labute approximate surface area is 148 Å². The highest BCUT2D eigenvalue weighted by Crippen LogP contribution is 2.30. The number of amides is 1. The predicted molar refractivity (Wildman–Crippen MR) is 95.1 cm³/mol. The van der Waals surface area contributed by atoms with Crippen LogP contribution in [0.25, 0.3) is 0 Å². The van der Waals surface area contributed by atoms with E-state index in [1.54, 1.807) is 12.1 Å². The highest BCUT2D eigenvalue weighted by atomic mass is 32.2. The first kappa shape index (κ1) is 19.2.